The van der Waals surface area contributed by atoms with E-state index in [2.05, 4.69) is 11.8 Å². The Balaban J connectivity index is 2.06. The first-order valence-corrected chi connectivity index (χ1v) is 5.77. The van der Waals surface area contributed by atoms with Gasteiger partial charge in [-0.2, -0.15) is 0 Å². The summed E-state index contributed by atoms with van der Waals surface area (Å²) in [6.07, 6.45) is 2.50. The smallest absolute Gasteiger partial charge is 0.123 e. The van der Waals surface area contributed by atoms with Gasteiger partial charge in [-0.3, -0.25) is 0 Å². The number of benzene rings is 1. The minimum Gasteiger partial charge on any atom is -0.303 e. The summed E-state index contributed by atoms with van der Waals surface area (Å²) in [6.45, 7) is 5.67. The van der Waals surface area contributed by atoms with Gasteiger partial charge in [-0.1, -0.05) is 19.1 Å². The van der Waals surface area contributed by atoms with E-state index in [1.165, 1.54) is 24.9 Å². The molecule has 1 aromatic rings. The van der Waals surface area contributed by atoms with Crippen molar-refractivity contribution < 1.29 is 4.39 Å². The van der Waals surface area contributed by atoms with E-state index in [4.69, 9.17) is 0 Å². The average Bonchev–Trinajstić information content (AvgIpc) is 2.30. The van der Waals surface area contributed by atoms with Crippen LogP contribution in [0.2, 0.25) is 0 Å². The van der Waals surface area contributed by atoms with Crippen LogP contribution < -0.4 is 0 Å². The van der Waals surface area contributed by atoms with Crippen molar-refractivity contribution in [3.8, 4) is 0 Å². The Kier molecular flexibility index (Phi) is 3.37. The van der Waals surface area contributed by atoms with E-state index in [-0.39, 0.29) is 5.82 Å². The van der Waals surface area contributed by atoms with Gasteiger partial charge in [0.2, 0.25) is 0 Å². The summed E-state index contributed by atoms with van der Waals surface area (Å²) in [6, 6.07) is 7.00. The molecule has 1 fully saturated rings. The summed E-state index contributed by atoms with van der Waals surface area (Å²) in [5.74, 6) is 0.459. The SMILES string of the molecule is CCN1CCC[C@H](c2ccc(F)cc2)C1. The first kappa shape index (κ1) is 10.6. The maximum Gasteiger partial charge on any atom is 0.123 e. The number of halogens is 1. The third-order valence-electron chi connectivity index (χ3n) is 3.29. The summed E-state index contributed by atoms with van der Waals surface area (Å²) < 4.78 is 12.8. The normalized spacial score (nSPS) is 22.9. The van der Waals surface area contributed by atoms with Gasteiger partial charge < -0.3 is 4.90 Å². The highest BCUT2D eigenvalue weighted by atomic mass is 19.1. The Hall–Kier alpha value is -0.890. The zero-order valence-electron chi connectivity index (χ0n) is 9.25. The van der Waals surface area contributed by atoms with Crippen LogP contribution in [0.1, 0.15) is 31.2 Å². The lowest BCUT2D eigenvalue weighted by Gasteiger charge is -2.32. The molecule has 0 bridgehead atoms. The van der Waals surface area contributed by atoms with E-state index < -0.39 is 0 Å². The molecular formula is C13H18FN. The molecule has 0 aliphatic carbocycles. The molecule has 2 heteroatoms. The van der Waals surface area contributed by atoms with Crippen LogP contribution in [-0.2, 0) is 0 Å². The Morgan fingerprint density at radius 1 is 1.33 bits per heavy atom. The molecular weight excluding hydrogens is 189 g/mol. The van der Waals surface area contributed by atoms with Gasteiger partial charge >= 0.3 is 0 Å². The highest BCUT2D eigenvalue weighted by molar-refractivity contribution is 5.21. The molecule has 0 unspecified atom stereocenters. The molecule has 0 saturated carbocycles. The fourth-order valence-corrected chi connectivity index (χ4v) is 2.35. The number of rotatable bonds is 2. The number of likely N-dealkylation sites (N-methyl/N-ethyl adjacent to an activating group) is 1. The first-order chi connectivity index (χ1) is 7.29. The van der Waals surface area contributed by atoms with Crippen LogP contribution in [0.25, 0.3) is 0 Å². The lowest BCUT2D eigenvalue weighted by atomic mass is 9.91. The van der Waals surface area contributed by atoms with Crippen molar-refractivity contribution in [3.63, 3.8) is 0 Å². The first-order valence-electron chi connectivity index (χ1n) is 5.77. The van der Waals surface area contributed by atoms with Crippen molar-refractivity contribution in [1.82, 2.24) is 4.90 Å². The quantitative estimate of drug-likeness (QED) is 0.720. The Morgan fingerprint density at radius 3 is 2.73 bits per heavy atom. The monoisotopic (exact) mass is 207 g/mol. The number of piperidine rings is 1. The number of nitrogens with zero attached hydrogens (tertiary/aromatic N) is 1. The molecule has 1 atom stereocenters. The van der Waals surface area contributed by atoms with Gasteiger partial charge in [0, 0.05) is 6.54 Å². The maximum atomic E-state index is 12.8. The summed E-state index contributed by atoms with van der Waals surface area (Å²) in [5, 5.41) is 0. The molecule has 1 aliphatic rings. The molecule has 1 heterocycles. The lowest BCUT2D eigenvalue weighted by Crippen LogP contribution is -2.34. The van der Waals surface area contributed by atoms with Crippen LogP contribution in [0, 0.1) is 5.82 Å². The third-order valence-corrected chi connectivity index (χ3v) is 3.29. The molecule has 0 aromatic heterocycles. The highest BCUT2D eigenvalue weighted by Crippen LogP contribution is 2.26. The molecule has 1 aromatic carbocycles. The van der Waals surface area contributed by atoms with E-state index in [1.807, 2.05) is 12.1 Å². The largest absolute Gasteiger partial charge is 0.303 e. The van der Waals surface area contributed by atoms with Crippen LogP contribution in [0.5, 0.6) is 0 Å². The summed E-state index contributed by atoms with van der Waals surface area (Å²) in [7, 11) is 0. The average molecular weight is 207 g/mol. The van der Waals surface area contributed by atoms with Crippen molar-refractivity contribution in [1.29, 1.82) is 0 Å². The van der Waals surface area contributed by atoms with Crippen molar-refractivity contribution >= 4 is 0 Å². The second-order valence-corrected chi connectivity index (χ2v) is 4.28. The van der Waals surface area contributed by atoms with Crippen LogP contribution >= 0.6 is 0 Å². The summed E-state index contributed by atoms with van der Waals surface area (Å²) >= 11 is 0. The molecule has 1 saturated heterocycles. The number of likely N-dealkylation sites (tertiary alicyclic amines) is 1. The number of hydrogen-bond acceptors (Lipinski definition) is 1. The molecule has 0 N–H and O–H groups in total. The van der Waals surface area contributed by atoms with Gasteiger partial charge in [0.1, 0.15) is 5.82 Å². The zero-order valence-corrected chi connectivity index (χ0v) is 9.25. The third kappa shape index (κ3) is 2.57. The van der Waals surface area contributed by atoms with Gasteiger partial charge in [0.25, 0.3) is 0 Å². The van der Waals surface area contributed by atoms with Crippen molar-refractivity contribution in [2.24, 2.45) is 0 Å². The molecule has 2 rings (SSSR count). The molecule has 0 amide bonds. The minimum absolute atomic E-state index is 0.137. The van der Waals surface area contributed by atoms with Crippen molar-refractivity contribution in [2.45, 2.75) is 25.7 Å². The zero-order chi connectivity index (χ0) is 10.7. The molecule has 1 nitrogen and oxygen atoms in total. The summed E-state index contributed by atoms with van der Waals surface area (Å²) in [4.78, 5) is 2.47. The highest BCUT2D eigenvalue weighted by Gasteiger charge is 2.19. The fraction of sp³-hybridized carbons (Fsp3) is 0.538. The van der Waals surface area contributed by atoms with Gasteiger partial charge in [-0.25, -0.2) is 4.39 Å². The predicted octanol–water partition coefficient (Wildman–Crippen LogP) is 3.03. The fourth-order valence-electron chi connectivity index (χ4n) is 2.35. The van der Waals surface area contributed by atoms with E-state index in [1.54, 1.807) is 12.1 Å². The predicted molar refractivity (Wildman–Crippen MR) is 60.5 cm³/mol. The van der Waals surface area contributed by atoms with Gasteiger partial charge in [-0.05, 0) is 49.5 Å². The second kappa shape index (κ2) is 4.75. The molecule has 0 radical (unpaired) electrons. The van der Waals surface area contributed by atoms with Gasteiger partial charge in [0.05, 0.1) is 0 Å². The summed E-state index contributed by atoms with van der Waals surface area (Å²) in [5.41, 5.74) is 1.29. The molecule has 0 spiro atoms. The van der Waals surface area contributed by atoms with Gasteiger partial charge in [0.15, 0.2) is 0 Å². The second-order valence-electron chi connectivity index (χ2n) is 4.28. The van der Waals surface area contributed by atoms with Crippen LogP contribution in [0.3, 0.4) is 0 Å². The van der Waals surface area contributed by atoms with Gasteiger partial charge in [-0.15, -0.1) is 0 Å². The van der Waals surface area contributed by atoms with E-state index in [0.29, 0.717) is 5.92 Å². The van der Waals surface area contributed by atoms with Crippen LogP contribution in [-0.4, -0.2) is 24.5 Å². The standard InChI is InChI=1S/C13H18FN/c1-2-15-9-3-4-12(10-15)11-5-7-13(14)8-6-11/h5-8,12H,2-4,9-10H2,1H3/t12-/m0/s1. The Bertz CT molecular complexity index is 307. The molecule has 82 valence electrons. The lowest BCUT2D eigenvalue weighted by molar-refractivity contribution is 0.218. The van der Waals surface area contributed by atoms with E-state index >= 15 is 0 Å². The maximum absolute atomic E-state index is 12.8. The topological polar surface area (TPSA) is 3.24 Å². The molecule has 15 heavy (non-hydrogen) atoms. The Labute approximate surface area is 90.9 Å². The van der Waals surface area contributed by atoms with Crippen LogP contribution in [0.4, 0.5) is 4.39 Å². The van der Waals surface area contributed by atoms with Crippen molar-refractivity contribution in [3.05, 3.63) is 35.6 Å². The van der Waals surface area contributed by atoms with E-state index in [0.717, 1.165) is 13.1 Å². The Morgan fingerprint density at radius 2 is 2.07 bits per heavy atom. The molecule has 1 aliphatic heterocycles. The number of hydrogen-bond donors (Lipinski definition) is 0. The van der Waals surface area contributed by atoms with Crippen LogP contribution in [0.15, 0.2) is 24.3 Å². The van der Waals surface area contributed by atoms with E-state index in [9.17, 15) is 4.39 Å². The van der Waals surface area contributed by atoms with Crippen molar-refractivity contribution in [2.75, 3.05) is 19.6 Å². The minimum atomic E-state index is -0.137.